The number of ether oxygens (including phenoxy) is 1. The van der Waals surface area contributed by atoms with E-state index in [9.17, 15) is 13.2 Å². The molecule has 1 saturated heterocycles. The molecule has 8 nitrogen and oxygen atoms in total. The van der Waals surface area contributed by atoms with E-state index in [1.54, 1.807) is 14.2 Å². The van der Waals surface area contributed by atoms with Crippen LogP contribution in [0.5, 0.6) is 5.75 Å². The van der Waals surface area contributed by atoms with E-state index in [4.69, 9.17) is 4.74 Å². The monoisotopic (exact) mass is 382 g/mol. The smallest absolute Gasteiger partial charge is 0.222 e. The lowest BCUT2D eigenvalue weighted by Gasteiger charge is -2.14. The summed E-state index contributed by atoms with van der Waals surface area (Å²) in [6.07, 6.45) is 0.732. The SMILES string of the molecule is CN=C(NCCC(=O)NC1CCS(=O)(=O)C1)NCc1ccccc1OC. The molecule has 26 heavy (non-hydrogen) atoms. The highest BCUT2D eigenvalue weighted by Crippen LogP contribution is 2.16. The maximum atomic E-state index is 11.9. The molecule has 1 amide bonds. The van der Waals surface area contributed by atoms with E-state index in [-0.39, 0.29) is 29.9 Å². The molecule has 0 aromatic heterocycles. The molecule has 1 heterocycles. The summed E-state index contributed by atoms with van der Waals surface area (Å²) in [5.74, 6) is 1.39. The lowest BCUT2D eigenvalue weighted by atomic mass is 10.2. The average molecular weight is 382 g/mol. The molecule has 1 atom stereocenters. The molecule has 0 bridgehead atoms. The number of hydrogen-bond donors (Lipinski definition) is 3. The van der Waals surface area contributed by atoms with E-state index in [0.29, 0.717) is 25.5 Å². The third kappa shape index (κ3) is 6.21. The Labute approximate surface area is 154 Å². The standard InChI is InChI=1S/C17H26N4O4S/c1-18-17(20-11-13-5-3-4-6-15(13)25-2)19-9-7-16(22)21-14-8-10-26(23,24)12-14/h3-6,14H,7-12H2,1-2H3,(H,21,22)(H2,18,19,20). The first kappa shape index (κ1) is 20.0. The van der Waals surface area contributed by atoms with Gasteiger partial charge in [-0.2, -0.15) is 0 Å². The molecule has 0 saturated carbocycles. The predicted molar refractivity (Wildman–Crippen MR) is 101 cm³/mol. The van der Waals surface area contributed by atoms with Gasteiger partial charge in [-0.15, -0.1) is 0 Å². The molecule has 0 radical (unpaired) electrons. The first-order valence-electron chi connectivity index (χ1n) is 8.49. The summed E-state index contributed by atoms with van der Waals surface area (Å²) in [6.45, 7) is 0.937. The Morgan fingerprint density at radius 3 is 2.73 bits per heavy atom. The number of methoxy groups -OCH3 is 1. The molecule has 1 aliphatic heterocycles. The highest BCUT2D eigenvalue weighted by atomic mass is 32.2. The Balaban J connectivity index is 1.71. The third-order valence-corrected chi connectivity index (χ3v) is 5.87. The minimum Gasteiger partial charge on any atom is -0.496 e. The Morgan fingerprint density at radius 1 is 1.31 bits per heavy atom. The largest absolute Gasteiger partial charge is 0.496 e. The summed E-state index contributed by atoms with van der Waals surface area (Å²) in [5.41, 5.74) is 0.998. The van der Waals surface area contributed by atoms with Crippen molar-refractivity contribution >= 4 is 21.7 Å². The van der Waals surface area contributed by atoms with Gasteiger partial charge in [-0.05, 0) is 12.5 Å². The van der Waals surface area contributed by atoms with Crippen molar-refractivity contribution in [2.24, 2.45) is 4.99 Å². The van der Waals surface area contributed by atoms with Crippen LogP contribution in [-0.2, 0) is 21.2 Å². The van der Waals surface area contributed by atoms with Gasteiger partial charge in [-0.25, -0.2) is 8.42 Å². The fourth-order valence-corrected chi connectivity index (χ4v) is 4.43. The van der Waals surface area contributed by atoms with E-state index in [1.807, 2.05) is 24.3 Å². The average Bonchev–Trinajstić information content (AvgIpc) is 2.96. The Bertz CT molecular complexity index is 749. The van der Waals surface area contributed by atoms with Crippen molar-refractivity contribution in [2.45, 2.75) is 25.4 Å². The molecular weight excluding hydrogens is 356 g/mol. The second kappa shape index (κ2) is 9.42. The van der Waals surface area contributed by atoms with Crippen LogP contribution in [0.25, 0.3) is 0 Å². The van der Waals surface area contributed by atoms with Crippen molar-refractivity contribution < 1.29 is 17.9 Å². The zero-order valence-electron chi connectivity index (χ0n) is 15.1. The second-order valence-electron chi connectivity index (χ2n) is 6.08. The highest BCUT2D eigenvalue weighted by Gasteiger charge is 2.28. The molecule has 2 rings (SSSR count). The number of rotatable bonds is 7. The minimum absolute atomic E-state index is 0.0360. The summed E-state index contributed by atoms with van der Waals surface area (Å²) in [5, 5.41) is 9.00. The quantitative estimate of drug-likeness (QED) is 0.454. The van der Waals surface area contributed by atoms with E-state index in [2.05, 4.69) is 20.9 Å². The number of guanidine groups is 1. The molecule has 1 aromatic carbocycles. The van der Waals surface area contributed by atoms with Crippen molar-refractivity contribution in [3.63, 3.8) is 0 Å². The number of amides is 1. The van der Waals surface area contributed by atoms with Crippen LogP contribution in [0.3, 0.4) is 0 Å². The van der Waals surface area contributed by atoms with Crippen LogP contribution >= 0.6 is 0 Å². The van der Waals surface area contributed by atoms with E-state index < -0.39 is 9.84 Å². The molecular formula is C17H26N4O4S. The highest BCUT2D eigenvalue weighted by molar-refractivity contribution is 7.91. The van der Waals surface area contributed by atoms with Crippen molar-refractivity contribution in [3.05, 3.63) is 29.8 Å². The Kier molecular flexibility index (Phi) is 7.26. The number of sulfone groups is 1. The fraction of sp³-hybridized carbons (Fsp3) is 0.529. The summed E-state index contributed by atoms with van der Waals surface area (Å²) in [4.78, 5) is 16.0. The molecule has 0 spiro atoms. The summed E-state index contributed by atoms with van der Waals surface area (Å²) in [7, 11) is 0.291. The van der Waals surface area contributed by atoms with Gasteiger partial charge in [0.05, 0.1) is 18.6 Å². The minimum atomic E-state index is -2.99. The molecule has 1 aliphatic rings. The van der Waals surface area contributed by atoms with Gasteiger partial charge in [0, 0.05) is 38.2 Å². The molecule has 9 heteroatoms. The normalized spacial score (nSPS) is 19.0. The summed E-state index contributed by atoms with van der Waals surface area (Å²) < 4.78 is 28.1. The van der Waals surface area contributed by atoms with Crippen molar-refractivity contribution in [1.29, 1.82) is 0 Å². The first-order chi connectivity index (χ1) is 12.4. The maximum absolute atomic E-state index is 11.9. The number of benzene rings is 1. The van der Waals surface area contributed by atoms with Crippen molar-refractivity contribution in [2.75, 3.05) is 32.2 Å². The Morgan fingerprint density at radius 2 is 2.08 bits per heavy atom. The molecule has 1 aromatic rings. The number of para-hydroxylation sites is 1. The first-order valence-corrected chi connectivity index (χ1v) is 10.3. The van der Waals surface area contributed by atoms with Gasteiger partial charge in [-0.3, -0.25) is 9.79 Å². The zero-order chi connectivity index (χ0) is 19.0. The number of carbonyl (C=O) groups excluding carboxylic acids is 1. The van der Waals surface area contributed by atoms with Crippen LogP contribution in [0.1, 0.15) is 18.4 Å². The summed E-state index contributed by atoms with van der Waals surface area (Å²) in [6, 6.07) is 7.42. The fourth-order valence-electron chi connectivity index (χ4n) is 2.75. The van der Waals surface area contributed by atoms with Gasteiger partial charge >= 0.3 is 0 Å². The predicted octanol–water partition coefficient (Wildman–Crippen LogP) is 0.0536. The van der Waals surface area contributed by atoms with Crippen LogP contribution in [0.4, 0.5) is 0 Å². The van der Waals surface area contributed by atoms with Gasteiger partial charge in [0.15, 0.2) is 15.8 Å². The maximum Gasteiger partial charge on any atom is 0.222 e. The third-order valence-electron chi connectivity index (χ3n) is 4.10. The topological polar surface area (TPSA) is 109 Å². The number of nitrogens with zero attached hydrogens (tertiary/aromatic N) is 1. The van der Waals surface area contributed by atoms with Crippen LogP contribution in [0.2, 0.25) is 0 Å². The zero-order valence-corrected chi connectivity index (χ0v) is 15.9. The number of nitrogens with one attached hydrogen (secondary N) is 3. The number of carbonyl (C=O) groups is 1. The lowest BCUT2D eigenvalue weighted by Crippen LogP contribution is -2.41. The van der Waals surface area contributed by atoms with Crippen LogP contribution in [0, 0.1) is 0 Å². The second-order valence-corrected chi connectivity index (χ2v) is 8.31. The van der Waals surface area contributed by atoms with Gasteiger partial charge in [0.25, 0.3) is 0 Å². The number of hydrogen-bond acceptors (Lipinski definition) is 5. The van der Waals surface area contributed by atoms with Crippen molar-refractivity contribution in [1.82, 2.24) is 16.0 Å². The van der Waals surface area contributed by atoms with Crippen LogP contribution in [-0.4, -0.2) is 58.5 Å². The Hall–Kier alpha value is -2.29. The molecule has 3 N–H and O–H groups in total. The molecule has 1 unspecified atom stereocenters. The lowest BCUT2D eigenvalue weighted by molar-refractivity contribution is -0.121. The van der Waals surface area contributed by atoms with E-state index in [1.165, 1.54) is 0 Å². The van der Waals surface area contributed by atoms with Crippen LogP contribution in [0.15, 0.2) is 29.3 Å². The van der Waals surface area contributed by atoms with Gasteiger partial charge in [0.2, 0.25) is 5.91 Å². The van der Waals surface area contributed by atoms with Gasteiger partial charge in [-0.1, -0.05) is 18.2 Å². The molecule has 0 aliphatic carbocycles. The van der Waals surface area contributed by atoms with Gasteiger partial charge in [0.1, 0.15) is 5.75 Å². The van der Waals surface area contributed by atoms with Crippen LogP contribution < -0.4 is 20.7 Å². The van der Waals surface area contributed by atoms with E-state index >= 15 is 0 Å². The number of aliphatic imine (C=N–C) groups is 1. The van der Waals surface area contributed by atoms with Crippen molar-refractivity contribution in [3.8, 4) is 5.75 Å². The summed E-state index contributed by atoms with van der Waals surface area (Å²) >= 11 is 0. The van der Waals surface area contributed by atoms with E-state index in [0.717, 1.165) is 11.3 Å². The molecule has 144 valence electrons. The van der Waals surface area contributed by atoms with Gasteiger partial charge < -0.3 is 20.7 Å². The molecule has 1 fully saturated rings.